The highest BCUT2D eigenvalue weighted by atomic mass is 35.5. The quantitative estimate of drug-likeness (QED) is 0.840. The van der Waals surface area contributed by atoms with Crippen molar-refractivity contribution >= 4 is 24.2 Å². The van der Waals surface area contributed by atoms with Crippen molar-refractivity contribution in [3.63, 3.8) is 0 Å². The van der Waals surface area contributed by atoms with Crippen molar-refractivity contribution in [1.29, 1.82) is 0 Å². The first-order valence-corrected chi connectivity index (χ1v) is 7.76. The summed E-state index contributed by atoms with van der Waals surface area (Å²) in [5.74, 6) is 0.221. The van der Waals surface area contributed by atoms with Crippen LogP contribution >= 0.6 is 12.4 Å². The Hall–Kier alpha value is -0.810. The first-order chi connectivity index (χ1) is 9.44. The van der Waals surface area contributed by atoms with Crippen LogP contribution in [0.5, 0.6) is 0 Å². The molecule has 2 aliphatic rings. The van der Waals surface area contributed by atoms with Crippen LogP contribution in [0.2, 0.25) is 0 Å². The van der Waals surface area contributed by atoms with Crippen LogP contribution in [0.4, 0.5) is 0 Å². The van der Waals surface area contributed by atoms with E-state index in [0.717, 1.165) is 51.6 Å². The van der Waals surface area contributed by atoms with Crippen molar-refractivity contribution in [2.75, 3.05) is 20.1 Å². The fraction of sp³-hybridized carbons (Fsp3) is 0.867. The Morgan fingerprint density at radius 2 is 1.67 bits per heavy atom. The predicted molar refractivity (Wildman–Crippen MR) is 85.3 cm³/mol. The monoisotopic (exact) mass is 317 g/mol. The molecule has 2 amide bonds. The molecule has 2 fully saturated rings. The molecule has 122 valence electrons. The number of likely N-dealkylation sites (tertiary alicyclic amines) is 1. The van der Waals surface area contributed by atoms with Crippen molar-refractivity contribution in [1.82, 2.24) is 9.80 Å². The standard InChI is InChI=1S/C15H27N3O2.ClH/c1-12(19)17(2)13-6-10-18(11-7-13)14(20)15(16)8-4-3-5-9-15;/h13H,3-11,16H2,1-2H3;1H. The minimum Gasteiger partial charge on any atom is -0.343 e. The van der Waals surface area contributed by atoms with Gasteiger partial charge in [-0.15, -0.1) is 12.4 Å². The van der Waals surface area contributed by atoms with Gasteiger partial charge in [0.15, 0.2) is 0 Å². The third kappa shape index (κ3) is 4.10. The predicted octanol–water partition coefficient (Wildman–Crippen LogP) is 1.54. The van der Waals surface area contributed by atoms with Crippen LogP contribution in [0, 0.1) is 0 Å². The highest BCUT2D eigenvalue weighted by molar-refractivity contribution is 5.86. The minimum atomic E-state index is -0.627. The Labute approximate surface area is 133 Å². The fourth-order valence-corrected chi connectivity index (χ4v) is 3.42. The van der Waals surface area contributed by atoms with Crippen LogP contribution in [0.25, 0.3) is 0 Å². The molecule has 5 nitrogen and oxygen atoms in total. The fourth-order valence-electron chi connectivity index (χ4n) is 3.42. The van der Waals surface area contributed by atoms with Crippen molar-refractivity contribution in [3.8, 4) is 0 Å². The number of piperidine rings is 1. The molecule has 0 aromatic rings. The number of carbonyl (C=O) groups excluding carboxylic acids is 2. The molecule has 2 N–H and O–H groups in total. The maximum atomic E-state index is 12.6. The Bertz CT molecular complexity index is 375. The smallest absolute Gasteiger partial charge is 0.242 e. The van der Waals surface area contributed by atoms with Gasteiger partial charge in [-0.2, -0.15) is 0 Å². The second-order valence-electron chi connectivity index (χ2n) is 6.37. The minimum absolute atomic E-state index is 0. The third-order valence-corrected chi connectivity index (χ3v) is 4.97. The molecule has 0 unspecified atom stereocenters. The molecule has 1 aliphatic heterocycles. The molecule has 0 aromatic carbocycles. The summed E-state index contributed by atoms with van der Waals surface area (Å²) in [4.78, 5) is 27.7. The molecule has 1 aliphatic carbocycles. The van der Waals surface area contributed by atoms with E-state index in [1.165, 1.54) is 6.42 Å². The molecule has 21 heavy (non-hydrogen) atoms. The van der Waals surface area contributed by atoms with E-state index in [-0.39, 0.29) is 30.3 Å². The maximum Gasteiger partial charge on any atom is 0.242 e. The average molecular weight is 318 g/mol. The third-order valence-electron chi connectivity index (χ3n) is 4.97. The normalized spacial score (nSPS) is 22.3. The number of carbonyl (C=O) groups is 2. The van der Waals surface area contributed by atoms with Crippen molar-refractivity contribution < 1.29 is 9.59 Å². The zero-order chi connectivity index (χ0) is 14.8. The van der Waals surface area contributed by atoms with Crippen LogP contribution in [-0.2, 0) is 9.59 Å². The van der Waals surface area contributed by atoms with E-state index in [4.69, 9.17) is 5.73 Å². The molecule has 0 spiro atoms. The Kier molecular flexibility index (Phi) is 6.47. The summed E-state index contributed by atoms with van der Waals surface area (Å²) in [6.07, 6.45) is 6.67. The number of hydrogen-bond donors (Lipinski definition) is 1. The molecule has 0 aromatic heterocycles. The van der Waals surface area contributed by atoms with E-state index < -0.39 is 5.54 Å². The van der Waals surface area contributed by atoms with E-state index in [1.54, 1.807) is 11.8 Å². The van der Waals surface area contributed by atoms with Crippen LogP contribution in [0.3, 0.4) is 0 Å². The van der Waals surface area contributed by atoms with Crippen LogP contribution in [0.1, 0.15) is 51.9 Å². The molecular formula is C15H28ClN3O2. The molecule has 0 atom stereocenters. The van der Waals surface area contributed by atoms with E-state index in [1.807, 2.05) is 11.9 Å². The maximum absolute atomic E-state index is 12.6. The summed E-state index contributed by atoms with van der Waals surface area (Å²) in [7, 11) is 1.84. The van der Waals surface area contributed by atoms with Gasteiger partial charge in [-0.25, -0.2) is 0 Å². The topological polar surface area (TPSA) is 66.6 Å². The molecule has 1 saturated carbocycles. The zero-order valence-corrected chi connectivity index (χ0v) is 14.0. The van der Waals surface area contributed by atoms with E-state index in [9.17, 15) is 9.59 Å². The molecule has 0 radical (unpaired) electrons. The Morgan fingerprint density at radius 1 is 1.14 bits per heavy atom. The molecule has 6 heteroatoms. The van der Waals surface area contributed by atoms with Gasteiger partial charge in [0.2, 0.25) is 11.8 Å². The van der Waals surface area contributed by atoms with E-state index in [2.05, 4.69) is 0 Å². The summed E-state index contributed by atoms with van der Waals surface area (Å²) < 4.78 is 0. The van der Waals surface area contributed by atoms with Crippen LogP contribution in [-0.4, -0.2) is 53.3 Å². The van der Waals surface area contributed by atoms with Gasteiger partial charge in [0.25, 0.3) is 0 Å². The lowest BCUT2D eigenvalue weighted by Crippen LogP contribution is -2.58. The number of amides is 2. The molecular weight excluding hydrogens is 290 g/mol. The summed E-state index contributed by atoms with van der Waals surface area (Å²) in [5.41, 5.74) is 5.69. The van der Waals surface area contributed by atoms with Crippen LogP contribution < -0.4 is 5.73 Å². The summed E-state index contributed by atoms with van der Waals surface area (Å²) >= 11 is 0. The highest BCUT2D eigenvalue weighted by Gasteiger charge is 2.39. The van der Waals surface area contributed by atoms with Gasteiger partial charge < -0.3 is 15.5 Å². The molecule has 1 saturated heterocycles. The van der Waals surface area contributed by atoms with Gasteiger partial charge in [-0.1, -0.05) is 19.3 Å². The summed E-state index contributed by atoms with van der Waals surface area (Å²) in [6, 6.07) is 0.261. The van der Waals surface area contributed by atoms with Crippen molar-refractivity contribution in [2.24, 2.45) is 5.73 Å². The Balaban J connectivity index is 0.00000220. The van der Waals surface area contributed by atoms with Crippen LogP contribution in [0.15, 0.2) is 0 Å². The zero-order valence-electron chi connectivity index (χ0n) is 13.1. The first-order valence-electron chi connectivity index (χ1n) is 7.76. The van der Waals surface area contributed by atoms with Gasteiger partial charge in [-0.3, -0.25) is 9.59 Å². The van der Waals surface area contributed by atoms with E-state index in [0.29, 0.717) is 0 Å². The lowest BCUT2D eigenvalue weighted by molar-refractivity contribution is -0.140. The SMILES string of the molecule is CC(=O)N(C)C1CCN(C(=O)C2(N)CCCCC2)CC1.Cl. The molecule has 2 rings (SSSR count). The van der Waals surface area contributed by atoms with Gasteiger partial charge in [0.05, 0.1) is 5.54 Å². The lowest BCUT2D eigenvalue weighted by atomic mass is 9.81. The number of nitrogens with two attached hydrogens (primary N) is 1. The summed E-state index contributed by atoms with van der Waals surface area (Å²) in [5, 5.41) is 0. The van der Waals surface area contributed by atoms with Gasteiger partial charge in [-0.05, 0) is 25.7 Å². The number of rotatable bonds is 2. The molecule has 1 heterocycles. The van der Waals surface area contributed by atoms with Crippen molar-refractivity contribution in [2.45, 2.75) is 63.5 Å². The second kappa shape index (κ2) is 7.45. The van der Waals surface area contributed by atoms with E-state index >= 15 is 0 Å². The van der Waals surface area contributed by atoms with Gasteiger partial charge in [0.1, 0.15) is 0 Å². The number of halogens is 1. The number of nitrogens with zero attached hydrogens (tertiary/aromatic N) is 2. The second-order valence-corrected chi connectivity index (χ2v) is 6.37. The van der Waals surface area contributed by atoms with Gasteiger partial charge in [0, 0.05) is 33.1 Å². The molecule has 0 bridgehead atoms. The first kappa shape index (κ1) is 18.2. The Morgan fingerprint density at radius 3 is 2.14 bits per heavy atom. The average Bonchev–Trinajstić information content (AvgIpc) is 2.46. The largest absolute Gasteiger partial charge is 0.343 e. The lowest BCUT2D eigenvalue weighted by Gasteiger charge is -2.41. The number of hydrogen-bond acceptors (Lipinski definition) is 3. The van der Waals surface area contributed by atoms with Crippen molar-refractivity contribution in [3.05, 3.63) is 0 Å². The summed E-state index contributed by atoms with van der Waals surface area (Å²) in [6.45, 7) is 3.04. The highest BCUT2D eigenvalue weighted by Crippen LogP contribution is 2.29. The van der Waals surface area contributed by atoms with Gasteiger partial charge >= 0.3 is 0 Å².